The Morgan fingerprint density at radius 2 is 2.27 bits per heavy atom. The molecule has 4 rings (SSSR count). The largest absolute Gasteiger partial charge is 0.333 e. The van der Waals surface area contributed by atoms with Gasteiger partial charge in [0.25, 0.3) is 0 Å². The Kier molecular flexibility index (Phi) is 6.02. The number of amides is 2. The van der Waals surface area contributed by atoms with Gasteiger partial charge in [0.05, 0.1) is 18.7 Å². The van der Waals surface area contributed by atoms with Crippen LogP contribution in [0.2, 0.25) is 0 Å². The van der Waals surface area contributed by atoms with Crippen LogP contribution in [0.5, 0.6) is 0 Å². The first-order valence-corrected chi connectivity index (χ1v) is 10.7. The minimum atomic E-state index is -0.300. The van der Waals surface area contributed by atoms with Crippen LogP contribution in [0.4, 0.5) is 4.39 Å². The zero-order valence-electron chi connectivity index (χ0n) is 17.3. The maximum Gasteiger partial charge on any atom is 0.240 e. The minimum absolute atomic E-state index is 0.0359. The van der Waals surface area contributed by atoms with E-state index in [4.69, 9.17) is 5.26 Å². The normalized spacial score (nSPS) is 27.0. The highest BCUT2D eigenvalue weighted by atomic mass is 19.1. The van der Waals surface area contributed by atoms with Crippen LogP contribution in [0.25, 0.3) is 0 Å². The molecule has 1 aromatic rings. The number of hydrogen-bond donors (Lipinski definition) is 1. The molecule has 3 aliphatic heterocycles. The summed E-state index contributed by atoms with van der Waals surface area (Å²) in [6.07, 6.45) is 2.44. The van der Waals surface area contributed by atoms with Crippen LogP contribution in [-0.2, 0) is 16.1 Å². The van der Waals surface area contributed by atoms with Gasteiger partial charge in [-0.15, -0.1) is 0 Å². The van der Waals surface area contributed by atoms with Gasteiger partial charge in [-0.05, 0) is 43.9 Å². The van der Waals surface area contributed by atoms with Gasteiger partial charge in [-0.3, -0.25) is 14.5 Å². The van der Waals surface area contributed by atoms with Crippen molar-refractivity contribution in [1.29, 1.82) is 5.26 Å². The fourth-order valence-corrected chi connectivity index (χ4v) is 4.95. The molecule has 0 aromatic heterocycles. The molecular formula is C22H28FN5O2. The molecular weight excluding hydrogens is 385 g/mol. The molecule has 0 spiro atoms. The maximum absolute atomic E-state index is 13.4. The highest BCUT2D eigenvalue weighted by Crippen LogP contribution is 2.33. The van der Waals surface area contributed by atoms with E-state index < -0.39 is 0 Å². The third-order valence-electron chi connectivity index (χ3n) is 6.46. The second-order valence-electron chi connectivity index (χ2n) is 8.61. The minimum Gasteiger partial charge on any atom is -0.333 e. The molecule has 3 saturated heterocycles. The van der Waals surface area contributed by atoms with Crippen molar-refractivity contribution >= 4 is 11.8 Å². The summed E-state index contributed by atoms with van der Waals surface area (Å²) in [5.41, 5.74) is 0.814. The Hall–Kier alpha value is -2.50. The van der Waals surface area contributed by atoms with E-state index in [0.717, 1.165) is 31.4 Å². The van der Waals surface area contributed by atoms with Crippen molar-refractivity contribution in [2.75, 3.05) is 26.2 Å². The Bertz CT molecular complexity index is 856. The lowest BCUT2D eigenvalue weighted by atomic mass is 10.2. The number of rotatable bonds is 7. The van der Waals surface area contributed by atoms with Gasteiger partial charge in [0, 0.05) is 38.3 Å². The number of nitrogens with one attached hydrogen (secondary N) is 1. The lowest BCUT2D eigenvalue weighted by Gasteiger charge is -2.35. The van der Waals surface area contributed by atoms with Gasteiger partial charge < -0.3 is 15.1 Å². The molecule has 0 aliphatic carbocycles. The summed E-state index contributed by atoms with van der Waals surface area (Å²) >= 11 is 0. The van der Waals surface area contributed by atoms with Gasteiger partial charge in [0.15, 0.2) is 0 Å². The highest BCUT2D eigenvalue weighted by molar-refractivity contribution is 5.85. The summed E-state index contributed by atoms with van der Waals surface area (Å²) in [5.74, 6) is -0.214. The molecule has 30 heavy (non-hydrogen) atoms. The molecule has 2 bridgehead atoms. The summed E-state index contributed by atoms with van der Waals surface area (Å²) in [5, 5.41) is 12.4. The number of piperazine rings is 1. The number of hydrogen-bond acceptors (Lipinski definition) is 5. The molecule has 4 atom stereocenters. The number of benzene rings is 1. The van der Waals surface area contributed by atoms with Crippen molar-refractivity contribution in [2.45, 2.75) is 56.9 Å². The quantitative estimate of drug-likeness (QED) is 0.724. The third-order valence-corrected chi connectivity index (χ3v) is 6.46. The molecule has 3 fully saturated rings. The van der Waals surface area contributed by atoms with Gasteiger partial charge in [-0.1, -0.05) is 12.1 Å². The number of carbonyl (C=O) groups excluding carboxylic acids is 2. The lowest BCUT2D eigenvalue weighted by Crippen LogP contribution is -2.53. The molecule has 3 heterocycles. The van der Waals surface area contributed by atoms with Gasteiger partial charge in [0.2, 0.25) is 11.8 Å². The van der Waals surface area contributed by atoms with Crippen LogP contribution in [-0.4, -0.2) is 76.9 Å². The molecule has 160 valence electrons. The van der Waals surface area contributed by atoms with Crippen LogP contribution in [0.15, 0.2) is 24.3 Å². The number of likely N-dealkylation sites (tertiary alicyclic amines) is 3. The van der Waals surface area contributed by atoms with Crippen LogP contribution < -0.4 is 5.32 Å². The first-order chi connectivity index (χ1) is 14.5. The summed E-state index contributed by atoms with van der Waals surface area (Å²) in [6.45, 7) is 4.81. The van der Waals surface area contributed by atoms with E-state index in [-0.39, 0.29) is 48.3 Å². The highest BCUT2D eigenvalue weighted by Gasteiger charge is 2.49. The Morgan fingerprint density at radius 1 is 1.43 bits per heavy atom. The Labute approximate surface area is 176 Å². The van der Waals surface area contributed by atoms with Crippen molar-refractivity contribution in [1.82, 2.24) is 20.0 Å². The standard InChI is InChI=1S/C22H28FN5O2/c1-15(25-11-21(29)27-7-3-6-18(27)10-24)12-26-14-19-9-20(26)22(30)28(19)13-16-4-2-5-17(23)8-16/h2,4-5,8,15,18-20,25H,3,6-7,9,11-14H2,1H3/t15-,18-,19+,20+/m0/s1. The molecule has 8 heteroatoms. The summed E-state index contributed by atoms with van der Waals surface area (Å²) in [7, 11) is 0. The molecule has 3 aliphatic rings. The third kappa shape index (κ3) is 4.18. The van der Waals surface area contributed by atoms with Crippen molar-refractivity contribution in [3.05, 3.63) is 35.6 Å². The fourth-order valence-electron chi connectivity index (χ4n) is 4.95. The van der Waals surface area contributed by atoms with Gasteiger partial charge in [-0.2, -0.15) is 5.26 Å². The predicted octanol–water partition coefficient (Wildman–Crippen LogP) is 1.10. The molecule has 0 saturated carbocycles. The smallest absolute Gasteiger partial charge is 0.240 e. The number of halogens is 1. The predicted molar refractivity (Wildman–Crippen MR) is 109 cm³/mol. The summed E-state index contributed by atoms with van der Waals surface area (Å²) in [6, 6.07) is 8.38. The van der Waals surface area contributed by atoms with E-state index in [1.54, 1.807) is 11.0 Å². The SMILES string of the molecule is C[C@@H](CN1C[C@H]2C[C@@H]1C(=O)N2Cc1cccc(F)c1)NCC(=O)N1CCC[C@H]1C#N. The second kappa shape index (κ2) is 8.70. The van der Waals surface area contributed by atoms with Crippen LogP contribution in [0.1, 0.15) is 31.7 Å². The van der Waals surface area contributed by atoms with Crippen LogP contribution in [0.3, 0.4) is 0 Å². The van der Waals surface area contributed by atoms with E-state index in [2.05, 4.69) is 16.3 Å². The van der Waals surface area contributed by atoms with Gasteiger partial charge in [0.1, 0.15) is 11.9 Å². The first-order valence-electron chi connectivity index (χ1n) is 10.7. The first kappa shape index (κ1) is 20.8. The van der Waals surface area contributed by atoms with E-state index in [0.29, 0.717) is 19.6 Å². The summed E-state index contributed by atoms with van der Waals surface area (Å²) < 4.78 is 13.4. The summed E-state index contributed by atoms with van der Waals surface area (Å²) in [4.78, 5) is 30.9. The number of fused-ring (bicyclic) bond motifs is 2. The zero-order chi connectivity index (χ0) is 21.3. The van der Waals surface area contributed by atoms with E-state index in [1.807, 2.05) is 17.9 Å². The van der Waals surface area contributed by atoms with Gasteiger partial charge in [-0.25, -0.2) is 4.39 Å². The molecule has 2 amide bonds. The monoisotopic (exact) mass is 413 g/mol. The second-order valence-corrected chi connectivity index (χ2v) is 8.61. The molecule has 0 unspecified atom stereocenters. The van der Waals surface area contributed by atoms with Crippen molar-refractivity contribution in [2.24, 2.45) is 0 Å². The van der Waals surface area contributed by atoms with Crippen LogP contribution in [0, 0.1) is 17.1 Å². The number of carbonyl (C=O) groups is 2. The van der Waals surface area contributed by atoms with Crippen molar-refractivity contribution in [3.63, 3.8) is 0 Å². The number of nitriles is 1. The molecule has 1 N–H and O–H groups in total. The van der Waals surface area contributed by atoms with Gasteiger partial charge >= 0.3 is 0 Å². The number of nitrogens with zero attached hydrogens (tertiary/aromatic N) is 4. The Balaban J connectivity index is 1.25. The topological polar surface area (TPSA) is 79.7 Å². The average molecular weight is 413 g/mol. The zero-order valence-corrected chi connectivity index (χ0v) is 17.3. The van der Waals surface area contributed by atoms with Crippen molar-refractivity contribution in [3.8, 4) is 6.07 Å². The van der Waals surface area contributed by atoms with Crippen LogP contribution >= 0.6 is 0 Å². The molecule has 1 aromatic carbocycles. The average Bonchev–Trinajstić information content (AvgIpc) is 3.42. The molecule has 0 radical (unpaired) electrons. The maximum atomic E-state index is 13.4. The molecule has 7 nitrogen and oxygen atoms in total. The van der Waals surface area contributed by atoms with E-state index >= 15 is 0 Å². The van der Waals surface area contributed by atoms with E-state index in [9.17, 15) is 14.0 Å². The van der Waals surface area contributed by atoms with E-state index in [1.165, 1.54) is 12.1 Å². The fraction of sp³-hybridized carbons (Fsp3) is 0.591. The van der Waals surface area contributed by atoms with Crippen molar-refractivity contribution < 1.29 is 14.0 Å². The lowest BCUT2D eigenvalue weighted by molar-refractivity contribution is -0.137. The Morgan fingerprint density at radius 3 is 3.00 bits per heavy atom.